The summed E-state index contributed by atoms with van der Waals surface area (Å²) in [6.07, 6.45) is 8.25. The van der Waals surface area contributed by atoms with Gasteiger partial charge >= 0.3 is 0 Å². The normalized spacial score (nSPS) is 29.1. The van der Waals surface area contributed by atoms with Crippen LogP contribution in [0.15, 0.2) is 0 Å². The summed E-state index contributed by atoms with van der Waals surface area (Å²) in [6.45, 7) is 5.90. The monoisotopic (exact) mass is 226 g/mol. The van der Waals surface area contributed by atoms with Crippen molar-refractivity contribution in [1.82, 2.24) is 10.2 Å². The second kappa shape index (κ2) is 7.29. The fourth-order valence-electron chi connectivity index (χ4n) is 2.91. The average Bonchev–Trinajstić information content (AvgIpc) is 2.53. The zero-order chi connectivity index (χ0) is 12.0. The van der Waals surface area contributed by atoms with Crippen LogP contribution in [0.2, 0.25) is 0 Å². The molecule has 2 heteroatoms. The Kier molecular flexibility index (Phi) is 6.37. The van der Waals surface area contributed by atoms with Gasteiger partial charge in [0, 0.05) is 18.6 Å². The first-order valence-corrected chi connectivity index (χ1v) is 7.06. The Morgan fingerprint density at radius 3 is 2.56 bits per heavy atom. The second-order valence-corrected chi connectivity index (χ2v) is 5.55. The van der Waals surface area contributed by atoms with Gasteiger partial charge in [-0.1, -0.05) is 39.5 Å². The summed E-state index contributed by atoms with van der Waals surface area (Å²) < 4.78 is 0. The van der Waals surface area contributed by atoms with E-state index in [4.69, 9.17) is 0 Å². The number of hydrogen-bond acceptors (Lipinski definition) is 2. The molecular formula is C14H30N2. The van der Waals surface area contributed by atoms with Crippen molar-refractivity contribution >= 4 is 0 Å². The molecule has 0 aromatic rings. The number of likely N-dealkylation sites (N-methyl/N-ethyl adjacent to an activating group) is 2. The van der Waals surface area contributed by atoms with E-state index in [1.807, 2.05) is 0 Å². The predicted octanol–water partition coefficient (Wildman–Crippen LogP) is 2.89. The molecule has 1 aliphatic carbocycles. The van der Waals surface area contributed by atoms with Gasteiger partial charge in [-0.25, -0.2) is 0 Å². The SMILES string of the molecule is CCC(C)CN(C)C1CCCCCC1NC. The molecule has 3 atom stereocenters. The molecular weight excluding hydrogens is 196 g/mol. The molecule has 1 aliphatic rings. The third kappa shape index (κ3) is 4.06. The van der Waals surface area contributed by atoms with Gasteiger partial charge in [0.25, 0.3) is 0 Å². The lowest BCUT2D eigenvalue weighted by Gasteiger charge is -2.34. The highest BCUT2D eigenvalue weighted by Gasteiger charge is 2.26. The van der Waals surface area contributed by atoms with Gasteiger partial charge < -0.3 is 10.2 Å². The van der Waals surface area contributed by atoms with Gasteiger partial charge in [0.05, 0.1) is 0 Å². The number of nitrogens with one attached hydrogen (secondary N) is 1. The lowest BCUT2D eigenvalue weighted by Crippen LogP contribution is -2.48. The van der Waals surface area contributed by atoms with Crippen LogP contribution >= 0.6 is 0 Å². The summed E-state index contributed by atoms with van der Waals surface area (Å²) in [4.78, 5) is 2.60. The molecule has 0 aliphatic heterocycles. The largest absolute Gasteiger partial charge is 0.315 e. The maximum Gasteiger partial charge on any atom is 0.0246 e. The third-order valence-electron chi connectivity index (χ3n) is 4.21. The highest BCUT2D eigenvalue weighted by Crippen LogP contribution is 2.22. The quantitative estimate of drug-likeness (QED) is 0.725. The predicted molar refractivity (Wildman–Crippen MR) is 71.8 cm³/mol. The highest BCUT2D eigenvalue weighted by molar-refractivity contribution is 4.85. The van der Waals surface area contributed by atoms with Crippen LogP contribution < -0.4 is 5.32 Å². The summed E-state index contributed by atoms with van der Waals surface area (Å²) >= 11 is 0. The summed E-state index contributed by atoms with van der Waals surface area (Å²) in [5.74, 6) is 0.825. The first-order chi connectivity index (χ1) is 7.69. The Labute approximate surface area is 102 Å². The van der Waals surface area contributed by atoms with Crippen molar-refractivity contribution in [3.05, 3.63) is 0 Å². The van der Waals surface area contributed by atoms with E-state index in [0.717, 1.165) is 12.0 Å². The molecule has 1 rings (SSSR count). The summed E-state index contributed by atoms with van der Waals surface area (Å²) in [7, 11) is 4.44. The number of rotatable bonds is 5. The Morgan fingerprint density at radius 2 is 1.94 bits per heavy atom. The topological polar surface area (TPSA) is 15.3 Å². The van der Waals surface area contributed by atoms with E-state index in [9.17, 15) is 0 Å². The van der Waals surface area contributed by atoms with E-state index in [1.165, 1.54) is 45.1 Å². The van der Waals surface area contributed by atoms with Crippen molar-refractivity contribution in [2.45, 2.75) is 64.5 Å². The van der Waals surface area contributed by atoms with Crippen molar-refractivity contribution in [3.63, 3.8) is 0 Å². The fraction of sp³-hybridized carbons (Fsp3) is 1.00. The second-order valence-electron chi connectivity index (χ2n) is 5.55. The molecule has 0 amide bonds. The molecule has 96 valence electrons. The van der Waals surface area contributed by atoms with Gasteiger partial charge in [0.2, 0.25) is 0 Å². The molecule has 0 bridgehead atoms. The summed E-state index contributed by atoms with van der Waals surface area (Å²) in [6, 6.07) is 1.46. The van der Waals surface area contributed by atoms with Gasteiger partial charge in [-0.2, -0.15) is 0 Å². The van der Waals surface area contributed by atoms with Gasteiger partial charge in [-0.3, -0.25) is 0 Å². The van der Waals surface area contributed by atoms with Crippen LogP contribution in [0, 0.1) is 5.92 Å². The van der Waals surface area contributed by atoms with E-state index in [2.05, 4.69) is 38.2 Å². The minimum Gasteiger partial charge on any atom is -0.315 e. The highest BCUT2D eigenvalue weighted by atomic mass is 15.2. The average molecular weight is 226 g/mol. The Balaban J connectivity index is 2.51. The van der Waals surface area contributed by atoms with Crippen LogP contribution in [-0.4, -0.2) is 37.6 Å². The first-order valence-electron chi connectivity index (χ1n) is 7.06. The summed E-state index contributed by atoms with van der Waals surface area (Å²) in [5, 5.41) is 3.52. The number of hydrogen-bond donors (Lipinski definition) is 1. The molecule has 0 radical (unpaired) electrons. The maximum atomic E-state index is 3.52. The zero-order valence-corrected chi connectivity index (χ0v) is 11.6. The number of nitrogens with zero attached hydrogens (tertiary/aromatic N) is 1. The van der Waals surface area contributed by atoms with Gasteiger partial charge in [-0.05, 0) is 32.9 Å². The van der Waals surface area contributed by atoms with Gasteiger partial charge in [-0.15, -0.1) is 0 Å². The van der Waals surface area contributed by atoms with Crippen molar-refractivity contribution < 1.29 is 0 Å². The van der Waals surface area contributed by atoms with Crippen molar-refractivity contribution in [1.29, 1.82) is 0 Å². The first kappa shape index (κ1) is 14.0. The van der Waals surface area contributed by atoms with E-state index >= 15 is 0 Å². The van der Waals surface area contributed by atoms with Crippen LogP contribution in [0.1, 0.15) is 52.4 Å². The minimum absolute atomic E-state index is 0.705. The van der Waals surface area contributed by atoms with E-state index in [-0.39, 0.29) is 0 Å². The smallest absolute Gasteiger partial charge is 0.0246 e. The Hall–Kier alpha value is -0.0800. The van der Waals surface area contributed by atoms with Crippen LogP contribution in [0.3, 0.4) is 0 Å². The van der Waals surface area contributed by atoms with Gasteiger partial charge in [0.1, 0.15) is 0 Å². The molecule has 1 saturated carbocycles. The van der Waals surface area contributed by atoms with Crippen LogP contribution in [0.5, 0.6) is 0 Å². The molecule has 3 unspecified atom stereocenters. The molecule has 1 fully saturated rings. The molecule has 0 heterocycles. The van der Waals surface area contributed by atoms with E-state index < -0.39 is 0 Å². The Bertz CT molecular complexity index is 182. The van der Waals surface area contributed by atoms with E-state index in [0.29, 0.717) is 6.04 Å². The van der Waals surface area contributed by atoms with Crippen molar-refractivity contribution in [2.75, 3.05) is 20.6 Å². The van der Waals surface area contributed by atoms with Crippen molar-refractivity contribution in [2.24, 2.45) is 5.92 Å². The zero-order valence-electron chi connectivity index (χ0n) is 11.6. The summed E-state index contributed by atoms with van der Waals surface area (Å²) in [5.41, 5.74) is 0. The molecule has 0 saturated heterocycles. The maximum absolute atomic E-state index is 3.52. The minimum atomic E-state index is 0.705. The molecule has 1 N–H and O–H groups in total. The lowest BCUT2D eigenvalue weighted by molar-refractivity contribution is 0.164. The Morgan fingerprint density at radius 1 is 1.25 bits per heavy atom. The van der Waals surface area contributed by atoms with Crippen LogP contribution in [0.4, 0.5) is 0 Å². The molecule has 0 aromatic heterocycles. The fourth-order valence-corrected chi connectivity index (χ4v) is 2.91. The molecule has 16 heavy (non-hydrogen) atoms. The molecule has 2 nitrogen and oxygen atoms in total. The van der Waals surface area contributed by atoms with Crippen molar-refractivity contribution in [3.8, 4) is 0 Å². The van der Waals surface area contributed by atoms with Crippen LogP contribution in [-0.2, 0) is 0 Å². The lowest BCUT2D eigenvalue weighted by atomic mass is 10.00. The van der Waals surface area contributed by atoms with Gasteiger partial charge in [0.15, 0.2) is 0 Å². The standard InChI is InChI=1S/C14H30N2/c1-5-12(2)11-16(4)14-10-8-6-7-9-13(14)15-3/h12-15H,5-11H2,1-4H3. The van der Waals surface area contributed by atoms with E-state index in [1.54, 1.807) is 0 Å². The molecule has 0 aromatic carbocycles. The van der Waals surface area contributed by atoms with Crippen LogP contribution in [0.25, 0.3) is 0 Å². The molecule has 0 spiro atoms. The third-order valence-corrected chi connectivity index (χ3v) is 4.21.